The number of nitrogens with zero attached hydrogens (tertiary/aromatic N) is 1. The van der Waals surface area contributed by atoms with Crippen molar-refractivity contribution in [3.63, 3.8) is 0 Å². The average Bonchev–Trinajstić information content (AvgIpc) is 2.70. The van der Waals surface area contributed by atoms with Gasteiger partial charge in [-0.3, -0.25) is 9.59 Å². The molecular weight excluding hydrogens is 340 g/mol. The Morgan fingerprint density at radius 3 is 1.70 bits per heavy atom. The van der Waals surface area contributed by atoms with Crippen LogP contribution in [-0.4, -0.2) is 24.9 Å². The van der Waals surface area contributed by atoms with Crippen LogP contribution in [0.5, 0.6) is 0 Å². The summed E-state index contributed by atoms with van der Waals surface area (Å²) in [5, 5.41) is 5.92. The van der Waals surface area contributed by atoms with E-state index in [0.29, 0.717) is 25.9 Å². The molecule has 6 nitrogen and oxygen atoms in total. The Kier molecular flexibility index (Phi) is 7.82. The molecule has 6 heteroatoms. The van der Waals surface area contributed by atoms with Gasteiger partial charge in [0.2, 0.25) is 11.8 Å². The number of hydrogen-bond donors (Lipinski definition) is 3. The first kappa shape index (κ1) is 20.5. The van der Waals surface area contributed by atoms with E-state index in [1.54, 1.807) is 0 Å². The van der Waals surface area contributed by atoms with E-state index in [2.05, 4.69) is 15.5 Å². The number of carbonyl (C=O) groups excluding carboxylic acids is 2. The number of nitrogens with two attached hydrogens (primary N) is 1. The van der Waals surface area contributed by atoms with Crippen LogP contribution in [0.3, 0.4) is 0 Å². The lowest BCUT2D eigenvalue weighted by atomic mass is 10.1. The maximum Gasteiger partial charge on any atom is 0.224 e. The molecule has 0 aliphatic rings. The maximum absolute atomic E-state index is 12.0. The summed E-state index contributed by atoms with van der Waals surface area (Å²) in [6.45, 7) is 4.84. The molecule has 4 N–H and O–H groups in total. The number of carbonyl (C=O) groups is 2. The molecule has 0 heterocycles. The molecule has 0 radical (unpaired) electrons. The third kappa shape index (κ3) is 5.56. The normalized spacial score (nSPS) is 10.3. The highest BCUT2D eigenvalue weighted by atomic mass is 16.2. The van der Waals surface area contributed by atoms with Gasteiger partial charge in [0.15, 0.2) is 0 Å². The van der Waals surface area contributed by atoms with E-state index in [1.807, 2.05) is 62.4 Å². The summed E-state index contributed by atoms with van der Waals surface area (Å²) in [6, 6.07) is 15.3. The zero-order valence-electron chi connectivity index (χ0n) is 16.0. The molecule has 2 aromatic rings. The van der Waals surface area contributed by atoms with Gasteiger partial charge in [0.05, 0.1) is 22.7 Å². The summed E-state index contributed by atoms with van der Waals surface area (Å²) >= 11 is 0. The van der Waals surface area contributed by atoms with Crippen LogP contribution in [0.15, 0.2) is 48.5 Å². The van der Waals surface area contributed by atoms with Crippen molar-refractivity contribution in [2.24, 2.45) is 5.73 Å². The van der Waals surface area contributed by atoms with Crippen molar-refractivity contribution in [1.29, 1.82) is 0 Å². The molecule has 0 bridgehead atoms. The van der Waals surface area contributed by atoms with Gasteiger partial charge in [-0.25, -0.2) is 0 Å². The second-order valence-corrected chi connectivity index (χ2v) is 6.13. The molecule has 0 atom stereocenters. The fourth-order valence-corrected chi connectivity index (χ4v) is 2.73. The predicted octanol–water partition coefficient (Wildman–Crippen LogP) is 3.87. The minimum absolute atomic E-state index is 0.0474. The van der Waals surface area contributed by atoms with Crippen LogP contribution in [0.2, 0.25) is 0 Å². The Morgan fingerprint density at radius 2 is 1.30 bits per heavy atom. The van der Waals surface area contributed by atoms with Crippen molar-refractivity contribution in [2.75, 3.05) is 28.6 Å². The Balaban J connectivity index is 2.49. The number of rotatable bonds is 9. The highest BCUT2D eigenvalue weighted by Crippen LogP contribution is 2.36. The Hall–Kier alpha value is -2.86. The van der Waals surface area contributed by atoms with Crippen molar-refractivity contribution in [3.05, 3.63) is 48.5 Å². The van der Waals surface area contributed by atoms with Crippen LogP contribution < -0.4 is 21.3 Å². The van der Waals surface area contributed by atoms with Gasteiger partial charge in [0.25, 0.3) is 0 Å². The lowest BCUT2D eigenvalue weighted by molar-refractivity contribution is -0.116. The summed E-state index contributed by atoms with van der Waals surface area (Å²) in [7, 11) is 0. The van der Waals surface area contributed by atoms with E-state index >= 15 is 0 Å². The van der Waals surface area contributed by atoms with Gasteiger partial charge in [0, 0.05) is 19.4 Å². The molecule has 2 amide bonds. The molecule has 0 saturated heterocycles. The number of benzene rings is 2. The zero-order valence-corrected chi connectivity index (χ0v) is 16.0. The van der Waals surface area contributed by atoms with Gasteiger partial charge in [0.1, 0.15) is 0 Å². The van der Waals surface area contributed by atoms with E-state index in [0.717, 1.165) is 29.2 Å². The molecule has 144 valence electrons. The highest BCUT2D eigenvalue weighted by Gasteiger charge is 2.17. The van der Waals surface area contributed by atoms with E-state index in [1.165, 1.54) is 0 Å². The second kappa shape index (κ2) is 10.3. The van der Waals surface area contributed by atoms with Crippen LogP contribution in [0.1, 0.15) is 33.1 Å². The smallest absolute Gasteiger partial charge is 0.224 e. The number of hydrogen-bond acceptors (Lipinski definition) is 4. The fourth-order valence-electron chi connectivity index (χ4n) is 2.73. The third-order valence-corrected chi connectivity index (χ3v) is 4.17. The molecule has 0 spiro atoms. The lowest BCUT2D eigenvalue weighted by Gasteiger charge is -2.29. The van der Waals surface area contributed by atoms with Crippen LogP contribution in [0, 0.1) is 0 Å². The van der Waals surface area contributed by atoms with E-state index < -0.39 is 0 Å². The SMILES string of the molecule is CCC(=O)Nc1ccccc1N(CCCN)c1ccccc1NC(=O)CC. The van der Waals surface area contributed by atoms with Crippen molar-refractivity contribution in [3.8, 4) is 0 Å². The first-order valence-electron chi connectivity index (χ1n) is 9.36. The van der Waals surface area contributed by atoms with Crippen LogP contribution in [0.4, 0.5) is 22.7 Å². The zero-order chi connectivity index (χ0) is 19.6. The van der Waals surface area contributed by atoms with Gasteiger partial charge < -0.3 is 21.3 Å². The van der Waals surface area contributed by atoms with Crippen LogP contribution in [0.25, 0.3) is 0 Å². The second-order valence-electron chi connectivity index (χ2n) is 6.13. The van der Waals surface area contributed by atoms with Gasteiger partial charge in [-0.2, -0.15) is 0 Å². The minimum atomic E-state index is -0.0474. The molecule has 27 heavy (non-hydrogen) atoms. The monoisotopic (exact) mass is 368 g/mol. The molecule has 0 fully saturated rings. The van der Waals surface area contributed by atoms with Crippen molar-refractivity contribution in [2.45, 2.75) is 33.1 Å². The summed E-state index contributed by atoms with van der Waals surface area (Å²) in [4.78, 5) is 26.0. The molecule has 0 aliphatic heterocycles. The maximum atomic E-state index is 12.0. The highest BCUT2D eigenvalue weighted by molar-refractivity contribution is 5.98. The Labute approximate surface area is 160 Å². The Morgan fingerprint density at radius 1 is 0.852 bits per heavy atom. The van der Waals surface area contributed by atoms with Crippen molar-refractivity contribution >= 4 is 34.6 Å². The molecule has 2 rings (SSSR count). The van der Waals surface area contributed by atoms with E-state index in [9.17, 15) is 9.59 Å². The number of nitrogens with one attached hydrogen (secondary N) is 2. The summed E-state index contributed by atoms with van der Waals surface area (Å²) in [6.07, 6.45) is 1.58. The number of anilines is 4. The standard InChI is InChI=1S/C21H28N4O2/c1-3-20(26)23-16-10-5-7-12-18(16)25(15-9-14-22)19-13-8-6-11-17(19)24-21(27)4-2/h5-8,10-13H,3-4,9,14-15,22H2,1-2H3,(H,23,26)(H,24,27). The molecule has 0 unspecified atom stereocenters. The molecular formula is C21H28N4O2. The number of amides is 2. The average molecular weight is 368 g/mol. The lowest BCUT2D eigenvalue weighted by Crippen LogP contribution is -2.24. The molecule has 2 aromatic carbocycles. The first-order valence-corrected chi connectivity index (χ1v) is 9.36. The van der Waals surface area contributed by atoms with Gasteiger partial charge in [-0.15, -0.1) is 0 Å². The topological polar surface area (TPSA) is 87.5 Å². The van der Waals surface area contributed by atoms with Gasteiger partial charge >= 0.3 is 0 Å². The quantitative estimate of drug-likeness (QED) is 0.627. The largest absolute Gasteiger partial charge is 0.338 e. The predicted molar refractivity (Wildman–Crippen MR) is 111 cm³/mol. The van der Waals surface area contributed by atoms with E-state index in [-0.39, 0.29) is 11.8 Å². The molecule has 0 aromatic heterocycles. The van der Waals surface area contributed by atoms with Crippen LogP contribution >= 0.6 is 0 Å². The summed E-state index contributed by atoms with van der Waals surface area (Å²) in [5.41, 5.74) is 8.95. The minimum Gasteiger partial charge on any atom is -0.338 e. The Bertz CT molecular complexity index is 715. The summed E-state index contributed by atoms with van der Waals surface area (Å²) < 4.78 is 0. The fraction of sp³-hybridized carbons (Fsp3) is 0.333. The summed E-state index contributed by atoms with van der Waals surface area (Å²) in [5.74, 6) is -0.0948. The van der Waals surface area contributed by atoms with Gasteiger partial charge in [-0.05, 0) is 37.2 Å². The van der Waals surface area contributed by atoms with E-state index in [4.69, 9.17) is 5.73 Å². The van der Waals surface area contributed by atoms with Gasteiger partial charge in [-0.1, -0.05) is 38.1 Å². The molecule has 0 aliphatic carbocycles. The number of para-hydroxylation sites is 4. The van der Waals surface area contributed by atoms with Crippen molar-refractivity contribution < 1.29 is 9.59 Å². The third-order valence-electron chi connectivity index (χ3n) is 4.17. The van der Waals surface area contributed by atoms with Crippen molar-refractivity contribution in [1.82, 2.24) is 0 Å². The van der Waals surface area contributed by atoms with Crippen LogP contribution in [-0.2, 0) is 9.59 Å². The first-order chi connectivity index (χ1) is 13.1. The molecule has 0 saturated carbocycles.